The van der Waals surface area contributed by atoms with Gasteiger partial charge in [-0.2, -0.15) is 13.2 Å². The number of alkyl halides is 3. The molecule has 262 valence electrons. The Hall–Kier alpha value is -4.27. The van der Waals surface area contributed by atoms with Crippen LogP contribution in [0.5, 0.6) is 0 Å². The minimum Gasteiger partial charge on any atom is -0.480 e. The molecule has 2 aromatic rings. The second-order valence-corrected chi connectivity index (χ2v) is 11.8. The maximum absolute atomic E-state index is 15.0. The summed E-state index contributed by atoms with van der Waals surface area (Å²) in [6.07, 6.45) is -5.03. The zero-order valence-corrected chi connectivity index (χ0v) is 27.5. The molecule has 10 nitrogen and oxygen atoms in total. The highest BCUT2D eigenvalue weighted by molar-refractivity contribution is 5.85. The van der Waals surface area contributed by atoms with Crippen LogP contribution in [0.1, 0.15) is 59.1 Å². The third kappa shape index (κ3) is 10.6. The zero-order chi connectivity index (χ0) is 36.5. The fourth-order valence-corrected chi connectivity index (χ4v) is 4.84. The molecule has 0 spiro atoms. The third-order valence-corrected chi connectivity index (χ3v) is 7.14. The Morgan fingerprint density at radius 3 is 1.77 bits per heavy atom. The van der Waals surface area contributed by atoms with E-state index in [2.05, 4.69) is 0 Å². The molecule has 2 aromatic carbocycles. The lowest BCUT2D eigenvalue weighted by atomic mass is 9.78. The quantitative estimate of drug-likeness (QED) is 0.219. The second-order valence-electron chi connectivity index (χ2n) is 11.8. The molecule has 0 bridgehead atoms. The van der Waals surface area contributed by atoms with Gasteiger partial charge in [-0.15, -0.1) is 0 Å². The van der Waals surface area contributed by atoms with Gasteiger partial charge < -0.3 is 24.6 Å². The van der Waals surface area contributed by atoms with Crippen molar-refractivity contribution in [3.8, 4) is 0 Å². The van der Waals surface area contributed by atoms with Crippen LogP contribution in [-0.4, -0.2) is 84.6 Å². The van der Waals surface area contributed by atoms with E-state index in [9.17, 15) is 41.4 Å². The largest absolute Gasteiger partial charge is 0.490 e. The number of likely N-dealkylation sites (N-methyl/N-ethyl adjacent to an activating group) is 2. The Morgan fingerprint density at radius 1 is 0.830 bits per heavy atom. The molecule has 0 aliphatic heterocycles. The standard InChI is InChI=1S/C30H40F2N2O6.C2HF3O2/c1-9-30(26(36)37,21-13-16-23(32)24(17-21)33(7)18-25(35)40-28(3,4)5)34(8)19-29(6,27(38)39-10-2)20-11-14-22(31)15-12-20;3-2(4,5)1(6)7/h11-17H,9-10,18-19H2,1-8H3,(H,36,37);(H,6,7). The smallest absolute Gasteiger partial charge is 0.480 e. The number of carbonyl (C=O) groups excluding carboxylic acids is 2. The van der Waals surface area contributed by atoms with Crippen molar-refractivity contribution in [1.29, 1.82) is 0 Å². The molecule has 2 atom stereocenters. The summed E-state index contributed by atoms with van der Waals surface area (Å²) < 4.78 is 71.1. The van der Waals surface area contributed by atoms with Crippen LogP contribution >= 0.6 is 0 Å². The van der Waals surface area contributed by atoms with E-state index < -0.39 is 58.2 Å². The molecular formula is C32H41F5N2O8. The van der Waals surface area contributed by atoms with Crippen molar-refractivity contribution >= 4 is 29.6 Å². The van der Waals surface area contributed by atoms with Crippen molar-refractivity contribution in [3.63, 3.8) is 0 Å². The molecule has 0 aromatic heterocycles. The van der Waals surface area contributed by atoms with Crippen LogP contribution in [0.2, 0.25) is 0 Å². The number of hydrogen-bond acceptors (Lipinski definition) is 8. The normalized spacial score (nSPS) is 14.2. The van der Waals surface area contributed by atoms with E-state index in [1.807, 2.05) is 0 Å². The van der Waals surface area contributed by atoms with Crippen LogP contribution in [0.15, 0.2) is 42.5 Å². The van der Waals surface area contributed by atoms with Gasteiger partial charge in [-0.25, -0.2) is 18.4 Å². The molecule has 2 unspecified atom stereocenters. The van der Waals surface area contributed by atoms with E-state index in [4.69, 9.17) is 19.4 Å². The Kier molecular flexibility index (Phi) is 13.9. The van der Waals surface area contributed by atoms with Crippen molar-refractivity contribution in [2.75, 3.05) is 38.7 Å². The average molecular weight is 677 g/mol. The molecular weight excluding hydrogens is 635 g/mol. The lowest BCUT2D eigenvalue weighted by molar-refractivity contribution is -0.192. The molecule has 15 heteroatoms. The molecule has 0 heterocycles. The van der Waals surface area contributed by atoms with Crippen molar-refractivity contribution in [3.05, 3.63) is 65.2 Å². The summed E-state index contributed by atoms with van der Waals surface area (Å²) >= 11 is 0. The van der Waals surface area contributed by atoms with E-state index >= 15 is 0 Å². The van der Waals surface area contributed by atoms with Crippen LogP contribution < -0.4 is 4.90 Å². The molecule has 0 fully saturated rings. The van der Waals surface area contributed by atoms with Crippen molar-refractivity contribution in [2.45, 2.75) is 70.7 Å². The van der Waals surface area contributed by atoms with Gasteiger partial charge in [-0.05, 0) is 83.5 Å². The fourth-order valence-electron chi connectivity index (χ4n) is 4.84. The Bertz CT molecular complexity index is 1410. The Labute approximate surface area is 270 Å². The third-order valence-electron chi connectivity index (χ3n) is 7.14. The SMILES string of the molecule is CCOC(=O)C(C)(CN(C)C(CC)(C(=O)O)c1ccc(F)c(N(C)CC(=O)OC(C)(C)C)c1)c1ccc(F)cc1.O=C(O)C(F)(F)F. The van der Waals surface area contributed by atoms with Crippen molar-refractivity contribution in [2.24, 2.45) is 0 Å². The zero-order valence-electron chi connectivity index (χ0n) is 27.5. The number of ether oxygens (including phenoxy) is 2. The van der Waals surface area contributed by atoms with Crippen LogP contribution in [-0.2, 0) is 39.6 Å². The number of anilines is 1. The van der Waals surface area contributed by atoms with E-state index in [0.29, 0.717) is 5.56 Å². The first-order chi connectivity index (χ1) is 21.5. The molecule has 47 heavy (non-hydrogen) atoms. The molecule has 0 radical (unpaired) electrons. The fraction of sp³-hybridized carbons (Fsp3) is 0.500. The highest BCUT2D eigenvalue weighted by Gasteiger charge is 2.48. The number of halogens is 5. The molecule has 0 amide bonds. The number of esters is 2. The maximum atomic E-state index is 15.0. The van der Waals surface area contributed by atoms with Gasteiger partial charge in [0.05, 0.1) is 12.3 Å². The molecule has 0 saturated heterocycles. The summed E-state index contributed by atoms with van der Waals surface area (Å²) in [6.45, 7) is 9.85. The number of benzene rings is 2. The van der Waals surface area contributed by atoms with Gasteiger partial charge in [0.2, 0.25) is 0 Å². The first-order valence-corrected chi connectivity index (χ1v) is 14.4. The number of aliphatic carboxylic acids is 2. The van der Waals surface area contributed by atoms with Gasteiger partial charge >= 0.3 is 30.1 Å². The van der Waals surface area contributed by atoms with Crippen LogP contribution in [0.4, 0.5) is 27.6 Å². The summed E-state index contributed by atoms with van der Waals surface area (Å²) in [6, 6.07) is 9.32. The average Bonchev–Trinajstić information content (AvgIpc) is 2.93. The van der Waals surface area contributed by atoms with Crippen LogP contribution in [0.25, 0.3) is 0 Å². The number of carboxylic acids is 2. The lowest BCUT2D eigenvalue weighted by Crippen LogP contribution is -2.55. The molecule has 2 N–H and O–H groups in total. The Morgan fingerprint density at radius 2 is 1.34 bits per heavy atom. The number of nitrogens with zero attached hydrogens (tertiary/aromatic N) is 2. The van der Waals surface area contributed by atoms with Gasteiger partial charge in [-0.1, -0.05) is 25.1 Å². The summed E-state index contributed by atoms with van der Waals surface area (Å²) in [7, 11) is 3.07. The monoisotopic (exact) mass is 676 g/mol. The van der Waals surface area contributed by atoms with Crippen LogP contribution in [0, 0.1) is 11.6 Å². The highest BCUT2D eigenvalue weighted by Crippen LogP contribution is 2.38. The topological polar surface area (TPSA) is 134 Å². The summed E-state index contributed by atoms with van der Waals surface area (Å²) in [5.74, 6) is -6.26. The minimum atomic E-state index is -5.08. The van der Waals surface area contributed by atoms with Gasteiger partial charge in [0.1, 0.15) is 34.7 Å². The van der Waals surface area contributed by atoms with Crippen LogP contribution in [0.3, 0.4) is 0 Å². The number of rotatable bonds is 12. The molecule has 0 aliphatic rings. The van der Waals surface area contributed by atoms with Crippen molar-refractivity contribution < 1.29 is 60.8 Å². The summed E-state index contributed by atoms with van der Waals surface area (Å²) in [5, 5.41) is 17.7. The van der Waals surface area contributed by atoms with Gasteiger partial charge in [0, 0.05) is 13.6 Å². The van der Waals surface area contributed by atoms with Crippen molar-refractivity contribution in [1.82, 2.24) is 4.90 Å². The first-order valence-electron chi connectivity index (χ1n) is 14.4. The summed E-state index contributed by atoms with van der Waals surface area (Å²) in [4.78, 5) is 50.3. The molecule has 0 aliphatic carbocycles. The Balaban J connectivity index is 0.00000141. The van der Waals surface area contributed by atoms with E-state index in [1.165, 1.54) is 53.2 Å². The van der Waals surface area contributed by atoms with Gasteiger partial charge in [0.15, 0.2) is 0 Å². The van der Waals surface area contributed by atoms with Gasteiger partial charge in [0.25, 0.3) is 0 Å². The summed E-state index contributed by atoms with van der Waals surface area (Å²) in [5.41, 5.74) is -3.05. The van der Waals surface area contributed by atoms with Gasteiger partial charge in [-0.3, -0.25) is 14.5 Å². The predicted molar refractivity (Wildman–Crippen MR) is 162 cm³/mol. The molecule has 0 saturated carbocycles. The maximum Gasteiger partial charge on any atom is 0.490 e. The minimum absolute atomic E-state index is 0.0162. The second kappa shape index (κ2) is 16.0. The number of carbonyl (C=O) groups is 4. The number of carboxylic acid groups (broad SMARTS) is 2. The van der Waals surface area contributed by atoms with E-state index in [1.54, 1.807) is 48.6 Å². The highest BCUT2D eigenvalue weighted by atomic mass is 19.4. The van der Waals surface area contributed by atoms with E-state index in [0.717, 1.165) is 6.07 Å². The number of hydrogen-bond donors (Lipinski definition) is 2. The first kappa shape index (κ1) is 40.8. The lowest BCUT2D eigenvalue weighted by Gasteiger charge is -2.42. The predicted octanol–water partition coefficient (Wildman–Crippen LogP) is 5.52. The van der Waals surface area contributed by atoms with E-state index in [-0.39, 0.29) is 37.4 Å². The molecule has 2 rings (SSSR count).